The Morgan fingerprint density at radius 3 is 2.76 bits per heavy atom. The molecule has 0 saturated heterocycles. The van der Waals surface area contributed by atoms with Gasteiger partial charge in [0.2, 0.25) is 5.82 Å². The molecule has 0 amide bonds. The first-order valence-corrected chi connectivity index (χ1v) is 6.25. The van der Waals surface area contributed by atoms with Gasteiger partial charge in [0.05, 0.1) is 13.2 Å². The SMILES string of the molecule is CCOC(=O)CCCOc1cc(C(N)=NO)cc(F)c1F. The maximum absolute atomic E-state index is 13.5. The third-order valence-electron chi connectivity index (χ3n) is 2.49. The molecule has 6 nitrogen and oxygen atoms in total. The Balaban J connectivity index is 2.66. The predicted molar refractivity (Wildman–Crippen MR) is 70.2 cm³/mol. The molecular formula is C13H16F2N2O4. The van der Waals surface area contributed by atoms with Crippen LogP contribution < -0.4 is 10.5 Å². The molecule has 21 heavy (non-hydrogen) atoms. The van der Waals surface area contributed by atoms with E-state index in [0.717, 1.165) is 12.1 Å². The van der Waals surface area contributed by atoms with Gasteiger partial charge in [0.1, 0.15) is 0 Å². The van der Waals surface area contributed by atoms with Crippen molar-refractivity contribution in [3.05, 3.63) is 29.3 Å². The van der Waals surface area contributed by atoms with Crippen LogP contribution in [0.3, 0.4) is 0 Å². The Hall–Kier alpha value is -2.38. The van der Waals surface area contributed by atoms with E-state index in [4.69, 9.17) is 20.4 Å². The van der Waals surface area contributed by atoms with Gasteiger partial charge in [-0.15, -0.1) is 0 Å². The molecule has 0 radical (unpaired) electrons. The van der Waals surface area contributed by atoms with Crippen LogP contribution in [0.1, 0.15) is 25.3 Å². The number of oxime groups is 1. The number of nitrogens with two attached hydrogens (primary N) is 1. The summed E-state index contributed by atoms with van der Waals surface area (Å²) in [5, 5.41) is 11.2. The van der Waals surface area contributed by atoms with E-state index in [-0.39, 0.29) is 43.2 Å². The first-order chi connectivity index (χ1) is 9.99. The first-order valence-electron chi connectivity index (χ1n) is 6.25. The van der Waals surface area contributed by atoms with Crippen molar-refractivity contribution in [2.24, 2.45) is 10.9 Å². The van der Waals surface area contributed by atoms with E-state index < -0.39 is 17.6 Å². The average Bonchev–Trinajstić information content (AvgIpc) is 2.46. The lowest BCUT2D eigenvalue weighted by atomic mass is 10.2. The molecule has 1 aromatic rings. The fourth-order valence-electron chi connectivity index (χ4n) is 1.51. The van der Waals surface area contributed by atoms with E-state index in [2.05, 4.69) is 5.16 Å². The average molecular weight is 302 g/mol. The summed E-state index contributed by atoms with van der Waals surface area (Å²) in [5.74, 6) is -3.50. The minimum absolute atomic E-state index is 0.00516. The van der Waals surface area contributed by atoms with Crippen molar-refractivity contribution in [2.45, 2.75) is 19.8 Å². The van der Waals surface area contributed by atoms with Crippen LogP contribution in [0.2, 0.25) is 0 Å². The topological polar surface area (TPSA) is 94.1 Å². The standard InChI is InChI=1S/C13H16F2N2O4/c1-2-20-11(18)4-3-5-21-10-7-8(13(16)17-19)6-9(14)12(10)15/h6-7,19H,2-5H2,1H3,(H2,16,17). The lowest BCUT2D eigenvalue weighted by Crippen LogP contribution is -2.14. The summed E-state index contributed by atoms with van der Waals surface area (Å²) in [6, 6.07) is 1.90. The third kappa shape index (κ3) is 4.90. The number of rotatable bonds is 7. The van der Waals surface area contributed by atoms with Crippen LogP contribution in [0.5, 0.6) is 5.75 Å². The van der Waals surface area contributed by atoms with Crippen molar-refractivity contribution in [3.8, 4) is 5.75 Å². The van der Waals surface area contributed by atoms with Crippen molar-refractivity contribution >= 4 is 11.8 Å². The number of ether oxygens (including phenoxy) is 2. The predicted octanol–water partition coefficient (Wildman–Crippen LogP) is 1.78. The zero-order valence-corrected chi connectivity index (χ0v) is 11.4. The van der Waals surface area contributed by atoms with Crippen LogP contribution in [0.25, 0.3) is 0 Å². The second-order valence-corrected chi connectivity index (χ2v) is 4.01. The molecule has 0 aliphatic carbocycles. The van der Waals surface area contributed by atoms with Crippen LogP contribution in [0, 0.1) is 11.6 Å². The number of halogens is 2. The van der Waals surface area contributed by atoms with Gasteiger partial charge in [0.15, 0.2) is 17.4 Å². The van der Waals surface area contributed by atoms with Crippen molar-refractivity contribution in [2.75, 3.05) is 13.2 Å². The second-order valence-electron chi connectivity index (χ2n) is 4.01. The van der Waals surface area contributed by atoms with Crippen molar-refractivity contribution < 1.29 is 28.3 Å². The van der Waals surface area contributed by atoms with Crippen molar-refractivity contribution in [3.63, 3.8) is 0 Å². The molecule has 1 aromatic carbocycles. The summed E-state index contributed by atoms with van der Waals surface area (Å²) < 4.78 is 36.7. The van der Waals surface area contributed by atoms with Gasteiger partial charge in [-0.25, -0.2) is 4.39 Å². The van der Waals surface area contributed by atoms with Gasteiger partial charge in [-0.2, -0.15) is 4.39 Å². The zero-order valence-electron chi connectivity index (χ0n) is 11.4. The highest BCUT2D eigenvalue weighted by molar-refractivity contribution is 5.97. The monoisotopic (exact) mass is 302 g/mol. The first kappa shape index (κ1) is 16.7. The third-order valence-corrected chi connectivity index (χ3v) is 2.49. The van der Waals surface area contributed by atoms with Crippen molar-refractivity contribution in [1.82, 2.24) is 0 Å². The number of nitrogens with zero attached hydrogens (tertiary/aromatic N) is 1. The largest absolute Gasteiger partial charge is 0.490 e. The molecule has 0 aliphatic heterocycles. The van der Waals surface area contributed by atoms with Gasteiger partial charge < -0.3 is 20.4 Å². The Morgan fingerprint density at radius 2 is 2.14 bits per heavy atom. The number of amidine groups is 1. The van der Waals surface area contributed by atoms with E-state index in [1.165, 1.54) is 0 Å². The highest BCUT2D eigenvalue weighted by Gasteiger charge is 2.14. The summed E-state index contributed by atoms with van der Waals surface area (Å²) in [6.07, 6.45) is 0.394. The minimum Gasteiger partial charge on any atom is -0.490 e. The summed E-state index contributed by atoms with van der Waals surface area (Å²) >= 11 is 0. The zero-order chi connectivity index (χ0) is 15.8. The smallest absolute Gasteiger partial charge is 0.305 e. The van der Waals surface area contributed by atoms with Gasteiger partial charge in [-0.05, 0) is 25.5 Å². The van der Waals surface area contributed by atoms with E-state index in [1.54, 1.807) is 6.92 Å². The molecule has 0 aromatic heterocycles. The molecular weight excluding hydrogens is 286 g/mol. The number of hydrogen-bond acceptors (Lipinski definition) is 5. The molecule has 1 rings (SSSR count). The van der Waals surface area contributed by atoms with E-state index >= 15 is 0 Å². The van der Waals surface area contributed by atoms with Crippen LogP contribution in [0.4, 0.5) is 8.78 Å². The molecule has 3 N–H and O–H groups in total. The normalized spacial score (nSPS) is 11.3. The lowest BCUT2D eigenvalue weighted by molar-refractivity contribution is -0.143. The Bertz CT molecular complexity index is 535. The Labute approximate surface area is 120 Å². The van der Waals surface area contributed by atoms with Crippen molar-refractivity contribution in [1.29, 1.82) is 0 Å². The van der Waals surface area contributed by atoms with Gasteiger partial charge in [-0.1, -0.05) is 5.16 Å². The number of carbonyl (C=O) groups excluding carboxylic acids is 1. The molecule has 0 fully saturated rings. The van der Waals surface area contributed by atoms with E-state index in [9.17, 15) is 13.6 Å². The molecule has 0 aliphatic rings. The number of hydrogen-bond donors (Lipinski definition) is 2. The fraction of sp³-hybridized carbons (Fsp3) is 0.385. The molecule has 0 bridgehead atoms. The van der Waals surface area contributed by atoms with Gasteiger partial charge in [0.25, 0.3) is 0 Å². The molecule has 0 heterocycles. The van der Waals surface area contributed by atoms with Crippen LogP contribution in [-0.4, -0.2) is 30.2 Å². The van der Waals surface area contributed by atoms with E-state index in [0.29, 0.717) is 0 Å². The summed E-state index contributed by atoms with van der Waals surface area (Å²) in [6.45, 7) is 1.96. The molecule has 0 spiro atoms. The minimum atomic E-state index is -1.18. The van der Waals surface area contributed by atoms with Crippen LogP contribution in [-0.2, 0) is 9.53 Å². The van der Waals surface area contributed by atoms with Gasteiger partial charge >= 0.3 is 5.97 Å². The molecule has 0 atom stereocenters. The highest BCUT2D eigenvalue weighted by Crippen LogP contribution is 2.22. The maximum Gasteiger partial charge on any atom is 0.305 e. The number of benzene rings is 1. The van der Waals surface area contributed by atoms with Crippen LogP contribution in [0.15, 0.2) is 17.3 Å². The van der Waals surface area contributed by atoms with Gasteiger partial charge in [-0.3, -0.25) is 4.79 Å². The Kier molecular flexibility index (Phi) is 6.38. The maximum atomic E-state index is 13.5. The molecule has 0 saturated carbocycles. The molecule has 8 heteroatoms. The quantitative estimate of drug-likeness (QED) is 0.200. The second kappa shape index (κ2) is 8.03. The Morgan fingerprint density at radius 1 is 1.43 bits per heavy atom. The summed E-state index contributed by atoms with van der Waals surface area (Å²) in [7, 11) is 0. The lowest BCUT2D eigenvalue weighted by Gasteiger charge is -2.09. The van der Waals surface area contributed by atoms with Gasteiger partial charge in [0, 0.05) is 12.0 Å². The fourth-order valence-corrected chi connectivity index (χ4v) is 1.51. The number of esters is 1. The molecule has 116 valence electrons. The molecule has 0 unspecified atom stereocenters. The summed E-state index contributed by atoms with van der Waals surface area (Å²) in [5.41, 5.74) is 5.29. The van der Waals surface area contributed by atoms with E-state index in [1.807, 2.05) is 0 Å². The summed E-state index contributed by atoms with van der Waals surface area (Å²) in [4.78, 5) is 11.1. The highest BCUT2D eigenvalue weighted by atomic mass is 19.2. The van der Waals surface area contributed by atoms with Crippen LogP contribution >= 0.6 is 0 Å². The number of carbonyl (C=O) groups is 1.